The fraction of sp³-hybridized carbons (Fsp3) is 0.552. The van der Waals surface area contributed by atoms with Gasteiger partial charge in [0.05, 0.1) is 6.04 Å². The highest BCUT2D eigenvalue weighted by molar-refractivity contribution is 5.95. The molecule has 0 aliphatic rings. The van der Waals surface area contributed by atoms with Gasteiger partial charge in [-0.2, -0.15) is 0 Å². The number of fused-ring (bicyclic) bond motifs is 1. The molecule has 1 aromatic heterocycles. The van der Waals surface area contributed by atoms with Gasteiger partial charge in [-0.25, -0.2) is 4.79 Å². The molecule has 6 atom stereocenters. The lowest BCUT2D eigenvalue weighted by molar-refractivity contribution is -0.143. The zero-order valence-electron chi connectivity index (χ0n) is 24.9. The van der Waals surface area contributed by atoms with Crippen LogP contribution < -0.4 is 33.2 Å². The molecular weight excluding hydrogens is 540 g/mol. The fourth-order valence-corrected chi connectivity index (χ4v) is 4.54. The summed E-state index contributed by atoms with van der Waals surface area (Å²) in [6.07, 6.45) is 3.73. The van der Waals surface area contributed by atoms with Crippen molar-refractivity contribution in [3.8, 4) is 0 Å². The first-order valence-electron chi connectivity index (χ1n) is 14.4. The quantitative estimate of drug-likeness (QED) is 0.0746. The highest BCUT2D eigenvalue weighted by Gasteiger charge is 2.34. The predicted octanol–water partition coefficient (Wildman–Crippen LogP) is 0.723. The van der Waals surface area contributed by atoms with Crippen LogP contribution in [-0.4, -0.2) is 70.5 Å². The Morgan fingerprint density at radius 2 is 1.55 bits per heavy atom. The van der Waals surface area contributed by atoms with Gasteiger partial charge in [-0.3, -0.25) is 19.4 Å². The number of aromatic nitrogens is 1. The van der Waals surface area contributed by atoms with E-state index in [1.165, 1.54) is 0 Å². The molecular formula is C29H46N8O5. The fourth-order valence-electron chi connectivity index (χ4n) is 4.54. The molecule has 0 saturated carbocycles. The first-order chi connectivity index (χ1) is 19.9. The summed E-state index contributed by atoms with van der Waals surface area (Å²) in [5.41, 5.74) is 18.3. The summed E-state index contributed by atoms with van der Waals surface area (Å²) in [6.45, 7) is 7.58. The van der Waals surface area contributed by atoms with Crippen molar-refractivity contribution in [1.29, 1.82) is 0 Å². The number of aromatic amines is 1. The number of nitrogens with zero attached hydrogens (tertiary/aromatic N) is 1. The maximum absolute atomic E-state index is 13.6. The SMILES string of the molecule is CCC(C)C(NC(=O)C(Cc1c[nH]c2ccccc12)NC(=O)C(NC(=O)C(N)CCCN=C(N)N)C(C)CC)C(=O)O. The first kappa shape index (κ1) is 34.1. The van der Waals surface area contributed by atoms with Crippen LogP contribution in [-0.2, 0) is 25.6 Å². The number of H-pyrrole nitrogens is 1. The minimum atomic E-state index is -1.16. The van der Waals surface area contributed by atoms with Crippen LogP contribution >= 0.6 is 0 Å². The second kappa shape index (κ2) is 16.3. The summed E-state index contributed by atoms with van der Waals surface area (Å²) in [4.78, 5) is 59.0. The number of aliphatic imine (C=N–C) groups is 1. The van der Waals surface area contributed by atoms with E-state index in [0.717, 1.165) is 16.5 Å². The van der Waals surface area contributed by atoms with Crippen molar-refractivity contribution in [2.75, 3.05) is 6.54 Å². The van der Waals surface area contributed by atoms with E-state index in [-0.39, 0.29) is 24.2 Å². The number of benzene rings is 1. The number of hydrogen-bond donors (Lipinski definition) is 8. The Hall–Kier alpha value is -4.13. The van der Waals surface area contributed by atoms with Gasteiger partial charge in [0.25, 0.3) is 0 Å². The van der Waals surface area contributed by atoms with E-state index in [9.17, 15) is 24.3 Å². The maximum Gasteiger partial charge on any atom is 0.326 e. The van der Waals surface area contributed by atoms with Crippen molar-refractivity contribution in [2.45, 2.75) is 84.0 Å². The number of carboxylic acids is 1. The molecule has 232 valence electrons. The lowest BCUT2D eigenvalue weighted by atomic mass is 9.96. The molecule has 11 N–H and O–H groups in total. The van der Waals surface area contributed by atoms with E-state index in [0.29, 0.717) is 32.2 Å². The third-order valence-corrected chi connectivity index (χ3v) is 7.61. The Morgan fingerprint density at radius 3 is 2.17 bits per heavy atom. The summed E-state index contributed by atoms with van der Waals surface area (Å²) in [6, 6.07) is 3.42. The van der Waals surface area contributed by atoms with Crippen LogP contribution in [0.15, 0.2) is 35.5 Å². The number of nitrogens with two attached hydrogens (primary N) is 3. The zero-order valence-corrected chi connectivity index (χ0v) is 24.9. The van der Waals surface area contributed by atoms with Crippen molar-refractivity contribution < 1.29 is 24.3 Å². The molecule has 0 saturated heterocycles. The van der Waals surface area contributed by atoms with Gasteiger partial charge in [0.15, 0.2) is 5.96 Å². The molecule has 0 aliphatic carbocycles. The van der Waals surface area contributed by atoms with Gasteiger partial charge in [-0.15, -0.1) is 0 Å². The predicted molar refractivity (Wildman–Crippen MR) is 162 cm³/mol. The van der Waals surface area contributed by atoms with E-state index in [1.807, 2.05) is 45.0 Å². The Morgan fingerprint density at radius 1 is 0.929 bits per heavy atom. The smallest absolute Gasteiger partial charge is 0.326 e. The molecule has 42 heavy (non-hydrogen) atoms. The summed E-state index contributed by atoms with van der Waals surface area (Å²) in [5.74, 6) is -3.55. The largest absolute Gasteiger partial charge is 0.480 e. The van der Waals surface area contributed by atoms with Crippen LogP contribution in [0.1, 0.15) is 58.9 Å². The molecule has 0 spiro atoms. The number of aliphatic carboxylic acids is 1. The van der Waals surface area contributed by atoms with Gasteiger partial charge >= 0.3 is 5.97 Å². The van der Waals surface area contributed by atoms with Crippen molar-refractivity contribution in [3.05, 3.63) is 36.0 Å². The van der Waals surface area contributed by atoms with Crippen molar-refractivity contribution in [3.63, 3.8) is 0 Å². The van der Waals surface area contributed by atoms with Gasteiger partial charge < -0.3 is 43.2 Å². The number of hydrogen-bond acceptors (Lipinski definition) is 6. The molecule has 1 aromatic carbocycles. The Labute approximate surface area is 246 Å². The molecule has 1 heterocycles. The molecule has 3 amide bonds. The average Bonchev–Trinajstić information content (AvgIpc) is 3.37. The summed E-state index contributed by atoms with van der Waals surface area (Å²) in [5, 5.41) is 18.8. The van der Waals surface area contributed by atoms with Crippen LogP contribution in [0.5, 0.6) is 0 Å². The Bertz CT molecular complexity index is 1240. The monoisotopic (exact) mass is 586 g/mol. The molecule has 0 aliphatic heterocycles. The van der Waals surface area contributed by atoms with Gasteiger partial charge in [0.1, 0.15) is 18.1 Å². The van der Waals surface area contributed by atoms with Gasteiger partial charge in [-0.1, -0.05) is 58.7 Å². The topological polar surface area (TPSA) is 231 Å². The molecule has 0 radical (unpaired) electrons. The molecule has 13 heteroatoms. The number of nitrogens with one attached hydrogen (secondary N) is 4. The minimum Gasteiger partial charge on any atom is -0.480 e. The van der Waals surface area contributed by atoms with Crippen LogP contribution in [0.3, 0.4) is 0 Å². The Balaban J connectivity index is 2.28. The average molecular weight is 587 g/mol. The summed E-state index contributed by atoms with van der Waals surface area (Å²) in [7, 11) is 0. The van der Waals surface area contributed by atoms with E-state index in [2.05, 4.69) is 25.9 Å². The first-order valence-corrected chi connectivity index (χ1v) is 14.4. The number of carbonyl (C=O) groups is 4. The van der Waals surface area contributed by atoms with E-state index in [1.54, 1.807) is 13.1 Å². The number of amides is 3. The lowest BCUT2D eigenvalue weighted by Crippen LogP contribution is -2.59. The second-order valence-electron chi connectivity index (χ2n) is 10.8. The minimum absolute atomic E-state index is 0.0495. The van der Waals surface area contributed by atoms with Crippen LogP contribution in [0.25, 0.3) is 10.9 Å². The van der Waals surface area contributed by atoms with E-state index >= 15 is 0 Å². The molecule has 6 unspecified atom stereocenters. The van der Waals surface area contributed by atoms with Crippen LogP contribution in [0, 0.1) is 11.8 Å². The molecule has 2 aromatic rings. The van der Waals surface area contributed by atoms with Crippen LogP contribution in [0.2, 0.25) is 0 Å². The maximum atomic E-state index is 13.6. The normalized spacial score (nSPS) is 15.5. The van der Waals surface area contributed by atoms with Gasteiger partial charge in [0, 0.05) is 30.1 Å². The standard InChI is InChI=1S/C29H46N8O5/c1-5-16(3)23(36-25(38)20(30)11-9-13-33-29(31)32)27(40)35-22(26(39)37-24(28(41)42)17(4)6-2)14-18-15-34-21-12-8-7-10-19(18)21/h7-8,10,12,15-17,20,22-24,34H,5-6,9,11,13-14,30H2,1-4H3,(H,35,40)(H,36,38)(H,37,39)(H,41,42)(H4,31,32,33). The second-order valence-corrected chi connectivity index (χ2v) is 10.8. The van der Waals surface area contributed by atoms with Gasteiger partial charge in [-0.05, 0) is 36.3 Å². The van der Waals surface area contributed by atoms with Crippen molar-refractivity contribution in [1.82, 2.24) is 20.9 Å². The number of guanidine groups is 1. The highest BCUT2D eigenvalue weighted by atomic mass is 16.4. The number of carboxylic acid groups (broad SMARTS) is 1. The van der Waals surface area contributed by atoms with Crippen LogP contribution in [0.4, 0.5) is 0 Å². The molecule has 2 rings (SSSR count). The Kier molecular flexibility index (Phi) is 13.3. The summed E-state index contributed by atoms with van der Waals surface area (Å²) < 4.78 is 0. The molecule has 13 nitrogen and oxygen atoms in total. The zero-order chi connectivity index (χ0) is 31.4. The number of carbonyl (C=O) groups excluding carboxylic acids is 3. The van der Waals surface area contributed by atoms with E-state index in [4.69, 9.17) is 17.2 Å². The third kappa shape index (κ3) is 9.75. The highest BCUT2D eigenvalue weighted by Crippen LogP contribution is 2.20. The van der Waals surface area contributed by atoms with Gasteiger partial charge in [0.2, 0.25) is 17.7 Å². The van der Waals surface area contributed by atoms with E-state index < -0.39 is 47.9 Å². The molecule has 0 bridgehead atoms. The van der Waals surface area contributed by atoms with Crippen molar-refractivity contribution in [2.24, 2.45) is 34.0 Å². The molecule has 0 fully saturated rings. The summed E-state index contributed by atoms with van der Waals surface area (Å²) >= 11 is 0. The number of rotatable bonds is 17. The third-order valence-electron chi connectivity index (χ3n) is 7.61. The number of para-hydroxylation sites is 1. The van der Waals surface area contributed by atoms with Crippen molar-refractivity contribution >= 4 is 40.6 Å². The lowest BCUT2D eigenvalue weighted by Gasteiger charge is -2.28.